The normalized spacial score (nSPS) is 23.6. The molecule has 5 nitrogen and oxygen atoms in total. The van der Waals surface area contributed by atoms with Crippen LogP contribution in [0.25, 0.3) is 0 Å². The van der Waals surface area contributed by atoms with Gasteiger partial charge in [0.25, 0.3) is 0 Å². The molecule has 0 N–H and O–H groups in total. The first-order valence-corrected chi connectivity index (χ1v) is 10.4. The van der Waals surface area contributed by atoms with Crippen LogP contribution < -0.4 is 4.74 Å². The van der Waals surface area contributed by atoms with Crippen molar-refractivity contribution >= 4 is 5.97 Å². The van der Waals surface area contributed by atoms with Gasteiger partial charge in [-0.1, -0.05) is 29.8 Å². The average Bonchev–Trinajstić information content (AvgIpc) is 3.58. The number of hydrogen-bond donors (Lipinski definition) is 0. The molecule has 29 heavy (non-hydrogen) atoms. The summed E-state index contributed by atoms with van der Waals surface area (Å²) >= 11 is 0. The lowest BCUT2D eigenvalue weighted by Crippen LogP contribution is -2.22. The van der Waals surface area contributed by atoms with Crippen LogP contribution in [-0.4, -0.2) is 38.2 Å². The molecular formula is C24H28O5. The second-order valence-electron chi connectivity index (χ2n) is 7.91. The second-order valence-corrected chi connectivity index (χ2v) is 7.91. The van der Waals surface area contributed by atoms with Gasteiger partial charge in [0.15, 0.2) is 0 Å². The van der Waals surface area contributed by atoms with Crippen molar-refractivity contribution in [2.24, 2.45) is 0 Å². The molecule has 4 rings (SSSR count). The van der Waals surface area contributed by atoms with Crippen LogP contribution in [0.5, 0.6) is 5.75 Å². The largest absolute Gasteiger partial charge is 0.423 e. The van der Waals surface area contributed by atoms with Gasteiger partial charge in [-0.05, 0) is 68.4 Å². The number of hydrogen-bond acceptors (Lipinski definition) is 5. The molecule has 1 saturated carbocycles. The molecule has 154 valence electrons. The van der Waals surface area contributed by atoms with E-state index >= 15 is 0 Å². The summed E-state index contributed by atoms with van der Waals surface area (Å²) < 4.78 is 21.8. The molecule has 2 aromatic carbocycles. The van der Waals surface area contributed by atoms with E-state index in [1.165, 1.54) is 5.56 Å². The molecule has 2 aliphatic rings. The highest BCUT2D eigenvalue weighted by atomic mass is 16.7. The summed E-state index contributed by atoms with van der Waals surface area (Å²) in [6, 6.07) is 15.3. The average molecular weight is 396 g/mol. The van der Waals surface area contributed by atoms with E-state index in [9.17, 15) is 4.79 Å². The van der Waals surface area contributed by atoms with Crippen molar-refractivity contribution in [1.29, 1.82) is 0 Å². The van der Waals surface area contributed by atoms with Crippen LogP contribution >= 0.6 is 0 Å². The van der Waals surface area contributed by atoms with Gasteiger partial charge >= 0.3 is 5.97 Å². The van der Waals surface area contributed by atoms with Crippen molar-refractivity contribution in [2.75, 3.05) is 20.0 Å². The molecule has 1 unspecified atom stereocenters. The summed E-state index contributed by atoms with van der Waals surface area (Å²) in [5, 5.41) is 0. The molecule has 0 radical (unpaired) electrons. The van der Waals surface area contributed by atoms with Crippen molar-refractivity contribution in [2.45, 2.75) is 50.7 Å². The van der Waals surface area contributed by atoms with E-state index in [1.807, 2.05) is 43.3 Å². The number of esters is 1. The zero-order chi connectivity index (χ0) is 20.1. The maximum atomic E-state index is 12.3. The van der Waals surface area contributed by atoms with Crippen molar-refractivity contribution in [3.63, 3.8) is 0 Å². The number of benzene rings is 2. The first-order valence-electron chi connectivity index (χ1n) is 10.4. The third kappa shape index (κ3) is 5.89. The van der Waals surface area contributed by atoms with Gasteiger partial charge < -0.3 is 18.9 Å². The molecule has 0 amide bonds. The maximum Gasteiger partial charge on any atom is 0.343 e. The van der Waals surface area contributed by atoms with Crippen LogP contribution in [0.15, 0.2) is 48.5 Å². The lowest BCUT2D eigenvalue weighted by atomic mass is 9.82. The predicted octanol–water partition coefficient (Wildman–Crippen LogP) is 4.63. The highest BCUT2D eigenvalue weighted by molar-refractivity contribution is 5.91. The third-order valence-corrected chi connectivity index (χ3v) is 5.62. The first-order chi connectivity index (χ1) is 14.2. The molecule has 5 heteroatoms. The van der Waals surface area contributed by atoms with Crippen LogP contribution in [0, 0.1) is 6.92 Å². The van der Waals surface area contributed by atoms with E-state index in [2.05, 4.69) is 12.1 Å². The van der Waals surface area contributed by atoms with E-state index < -0.39 is 0 Å². The molecule has 0 bridgehead atoms. The molecule has 1 saturated heterocycles. The molecular weight excluding hydrogens is 368 g/mol. The quantitative estimate of drug-likeness (QED) is 0.214. The minimum atomic E-state index is -0.325. The fourth-order valence-corrected chi connectivity index (χ4v) is 3.71. The predicted molar refractivity (Wildman–Crippen MR) is 109 cm³/mol. The zero-order valence-electron chi connectivity index (χ0n) is 16.8. The zero-order valence-corrected chi connectivity index (χ0v) is 16.8. The molecule has 2 fully saturated rings. The third-order valence-electron chi connectivity index (χ3n) is 5.62. The van der Waals surface area contributed by atoms with Gasteiger partial charge in [-0.2, -0.15) is 0 Å². The Morgan fingerprint density at radius 1 is 1.00 bits per heavy atom. The van der Waals surface area contributed by atoms with E-state index in [1.54, 1.807) is 0 Å². The maximum absolute atomic E-state index is 12.3. The van der Waals surface area contributed by atoms with Crippen LogP contribution in [0.2, 0.25) is 0 Å². The van der Waals surface area contributed by atoms with Crippen LogP contribution in [0.4, 0.5) is 0 Å². The Bertz CT molecular complexity index is 787. The molecule has 1 aliphatic heterocycles. The fourth-order valence-electron chi connectivity index (χ4n) is 3.71. The highest BCUT2D eigenvalue weighted by Crippen LogP contribution is 2.34. The van der Waals surface area contributed by atoms with Gasteiger partial charge in [0, 0.05) is 0 Å². The van der Waals surface area contributed by atoms with Crippen LogP contribution in [0.1, 0.15) is 53.1 Å². The van der Waals surface area contributed by atoms with Gasteiger partial charge in [0.1, 0.15) is 18.6 Å². The molecule has 0 spiro atoms. The number of rotatable bonds is 8. The summed E-state index contributed by atoms with van der Waals surface area (Å²) in [6.45, 7) is 3.80. The Labute approximate surface area is 171 Å². The number of carbonyl (C=O) groups excluding carboxylic acids is 1. The lowest BCUT2D eigenvalue weighted by molar-refractivity contribution is -0.102. The standard InChI is InChI=1S/C24H28O5/c1-17-2-10-22(11-3-17)29-24(25)20-6-4-18(5-7-20)19-8-12-21(13-9-19)28-16-26-14-23-15-27-23/h2-7,10-11,19,21,23H,8-9,12-16H2,1H3. The number of carbonyl (C=O) groups is 1. The number of epoxide rings is 1. The fraction of sp³-hybridized carbons (Fsp3) is 0.458. The Morgan fingerprint density at radius 2 is 1.69 bits per heavy atom. The van der Waals surface area contributed by atoms with Gasteiger partial charge in [0.2, 0.25) is 0 Å². The number of aryl methyl sites for hydroxylation is 1. The van der Waals surface area contributed by atoms with Crippen LogP contribution in [-0.2, 0) is 14.2 Å². The van der Waals surface area contributed by atoms with Crippen molar-refractivity contribution in [1.82, 2.24) is 0 Å². The summed E-state index contributed by atoms with van der Waals surface area (Å²) in [5.74, 6) is 0.753. The molecule has 0 aromatic heterocycles. The smallest absolute Gasteiger partial charge is 0.343 e. The monoisotopic (exact) mass is 396 g/mol. The van der Waals surface area contributed by atoms with Crippen molar-refractivity contribution < 1.29 is 23.7 Å². The van der Waals surface area contributed by atoms with Gasteiger partial charge in [-0.3, -0.25) is 0 Å². The highest BCUT2D eigenvalue weighted by Gasteiger charge is 2.25. The SMILES string of the molecule is Cc1ccc(OC(=O)c2ccc(C3CCC(OCOCC4CO4)CC3)cc2)cc1. The molecule has 1 aliphatic carbocycles. The first kappa shape index (κ1) is 20.1. The van der Waals surface area contributed by atoms with Crippen molar-refractivity contribution in [3.05, 3.63) is 65.2 Å². The van der Waals surface area contributed by atoms with Crippen LogP contribution in [0.3, 0.4) is 0 Å². The minimum Gasteiger partial charge on any atom is -0.423 e. The van der Waals surface area contributed by atoms with Gasteiger partial charge in [-0.15, -0.1) is 0 Å². The Kier molecular flexibility index (Phi) is 6.60. The Balaban J connectivity index is 1.22. The van der Waals surface area contributed by atoms with E-state index in [0.717, 1.165) is 37.9 Å². The topological polar surface area (TPSA) is 57.3 Å². The Hall–Kier alpha value is -2.21. The second kappa shape index (κ2) is 9.53. The van der Waals surface area contributed by atoms with Crippen molar-refractivity contribution in [3.8, 4) is 5.75 Å². The molecule has 2 aromatic rings. The molecule has 1 heterocycles. The minimum absolute atomic E-state index is 0.273. The summed E-state index contributed by atoms with van der Waals surface area (Å²) in [5.41, 5.74) is 2.98. The summed E-state index contributed by atoms with van der Waals surface area (Å²) in [7, 11) is 0. The summed E-state index contributed by atoms with van der Waals surface area (Å²) in [4.78, 5) is 12.3. The summed E-state index contributed by atoms with van der Waals surface area (Å²) in [6.07, 6.45) is 4.80. The van der Waals surface area contributed by atoms with Gasteiger partial charge in [-0.25, -0.2) is 4.79 Å². The van der Waals surface area contributed by atoms with E-state index in [0.29, 0.717) is 30.6 Å². The van der Waals surface area contributed by atoms with E-state index in [4.69, 9.17) is 18.9 Å². The lowest BCUT2D eigenvalue weighted by Gasteiger charge is -2.28. The van der Waals surface area contributed by atoms with Gasteiger partial charge in [0.05, 0.1) is 24.9 Å². The Morgan fingerprint density at radius 3 is 2.34 bits per heavy atom. The van der Waals surface area contributed by atoms with E-state index in [-0.39, 0.29) is 18.2 Å². The number of ether oxygens (including phenoxy) is 4. The molecule has 1 atom stereocenters.